The van der Waals surface area contributed by atoms with Crippen LogP contribution in [0.3, 0.4) is 0 Å². The number of ether oxygens (including phenoxy) is 1. The second-order valence-corrected chi connectivity index (χ2v) is 3.54. The fourth-order valence-corrected chi connectivity index (χ4v) is 1.87. The first-order chi connectivity index (χ1) is 6.20. The molecule has 13 heavy (non-hydrogen) atoms. The van der Waals surface area contributed by atoms with Gasteiger partial charge >= 0.3 is 5.97 Å². The second-order valence-electron chi connectivity index (χ2n) is 2.31. The number of methoxy groups -OCH3 is 1. The van der Waals surface area contributed by atoms with Gasteiger partial charge in [-0.05, 0) is 18.4 Å². The van der Waals surface area contributed by atoms with E-state index in [1.807, 2.05) is 12.3 Å². The van der Waals surface area contributed by atoms with Gasteiger partial charge in [-0.2, -0.15) is 0 Å². The summed E-state index contributed by atoms with van der Waals surface area (Å²) >= 11 is 7.46. The molecule has 0 amide bonds. The number of benzene rings is 1. The van der Waals surface area contributed by atoms with Gasteiger partial charge in [-0.3, -0.25) is 0 Å². The smallest absolute Gasteiger partial charge is 0.339 e. The molecule has 0 aromatic heterocycles. The Labute approximate surface area is 86.2 Å². The van der Waals surface area contributed by atoms with Crippen molar-refractivity contribution in [2.75, 3.05) is 13.4 Å². The summed E-state index contributed by atoms with van der Waals surface area (Å²) in [6.07, 6.45) is 1.91. The molecule has 4 heteroatoms. The van der Waals surface area contributed by atoms with E-state index in [9.17, 15) is 4.79 Å². The van der Waals surface area contributed by atoms with E-state index in [4.69, 9.17) is 11.6 Å². The third-order valence-corrected chi connectivity index (χ3v) is 2.89. The van der Waals surface area contributed by atoms with Gasteiger partial charge in [0.2, 0.25) is 0 Å². The SMILES string of the molecule is COC(=O)c1cccc(SC)c1Cl. The summed E-state index contributed by atoms with van der Waals surface area (Å²) in [6.45, 7) is 0. The Morgan fingerprint density at radius 2 is 2.23 bits per heavy atom. The monoisotopic (exact) mass is 216 g/mol. The maximum Gasteiger partial charge on any atom is 0.339 e. The molecule has 2 nitrogen and oxygen atoms in total. The van der Waals surface area contributed by atoms with E-state index in [1.165, 1.54) is 18.9 Å². The van der Waals surface area contributed by atoms with Crippen LogP contribution in [-0.4, -0.2) is 19.3 Å². The maximum atomic E-state index is 11.2. The first-order valence-electron chi connectivity index (χ1n) is 3.61. The molecule has 0 spiro atoms. The molecule has 0 radical (unpaired) electrons. The Bertz CT molecular complexity index is 325. The molecule has 70 valence electrons. The number of thioether (sulfide) groups is 1. The zero-order chi connectivity index (χ0) is 9.84. The van der Waals surface area contributed by atoms with Crippen LogP contribution < -0.4 is 0 Å². The van der Waals surface area contributed by atoms with Gasteiger partial charge < -0.3 is 4.74 Å². The van der Waals surface area contributed by atoms with Crippen LogP contribution in [0.5, 0.6) is 0 Å². The molecule has 0 aliphatic carbocycles. The summed E-state index contributed by atoms with van der Waals surface area (Å²) in [7, 11) is 1.34. The van der Waals surface area contributed by atoms with Crippen LogP contribution in [0.4, 0.5) is 0 Å². The molecule has 0 saturated heterocycles. The van der Waals surface area contributed by atoms with Crippen molar-refractivity contribution in [3.05, 3.63) is 28.8 Å². The summed E-state index contributed by atoms with van der Waals surface area (Å²) in [5.41, 5.74) is 0.413. The van der Waals surface area contributed by atoms with Crippen molar-refractivity contribution in [2.45, 2.75) is 4.90 Å². The summed E-state index contributed by atoms with van der Waals surface area (Å²) in [4.78, 5) is 12.1. The van der Waals surface area contributed by atoms with E-state index in [0.29, 0.717) is 10.6 Å². The topological polar surface area (TPSA) is 26.3 Å². The molecule has 0 unspecified atom stereocenters. The molecule has 0 aliphatic rings. The molecule has 0 aliphatic heterocycles. The standard InChI is InChI=1S/C9H9ClO2S/c1-12-9(11)6-4-3-5-7(13-2)8(6)10/h3-5H,1-2H3. The van der Waals surface area contributed by atoms with Crippen molar-refractivity contribution < 1.29 is 9.53 Å². The van der Waals surface area contributed by atoms with Crippen LogP contribution >= 0.6 is 23.4 Å². The molecule has 0 atom stereocenters. The van der Waals surface area contributed by atoms with Crippen LogP contribution in [0, 0.1) is 0 Å². The predicted molar refractivity (Wildman–Crippen MR) is 54.6 cm³/mol. The third-order valence-electron chi connectivity index (χ3n) is 1.59. The Hall–Kier alpha value is -0.670. The molecule has 0 fully saturated rings. The number of rotatable bonds is 2. The third kappa shape index (κ3) is 2.17. The lowest BCUT2D eigenvalue weighted by Crippen LogP contribution is -2.02. The fourth-order valence-electron chi connectivity index (χ4n) is 0.936. The predicted octanol–water partition coefficient (Wildman–Crippen LogP) is 2.85. The first kappa shape index (κ1) is 10.4. The average molecular weight is 217 g/mol. The minimum atomic E-state index is -0.402. The van der Waals surface area contributed by atoms with E-state index < -0.39 is 5.97 Å². The van der Waals surface area contributed by atoms with Gasteiger partial charge in [-0.15, -0.1) is 11.8 Å². The molecule has 0 N–H and O–H groups in total. The zero-order valence-electron chi connectivity index (χ0n) is 7.33. The molecule has 1 aromatic rings. The van der Waals surface area contributed by atoms with Crippen LogP contribution in [0.1, 0.15) is 10.4 Å². The molecule has 0 heterocycles. The Morgan fingerprint density at radius 1 is 1.54 bits per heavy atom. The van der Waals surface area contributed by atoms with Gasteiger partial charge in [0, 0.05) is 4.90 Å². The van der Waals surface area contributed by atoms with Gasteiger partial charge in [0.25, 0.3) is 0 Å². The average Bonchev–Trinajstić information content (AvgIpc) is 2.17. The molecular formula is C9H9ClO2S. The minimum absolute atomic E-state index is 0.402. The highest BCUT2D eigenvalue weighted by Crippen LogP contribution is 2.28. The number of carbonyl (C=O) groups is 1. The quantitative estimate of drug-likeness (QED) is 0.562. The lowest BCUT2D eigenvalue weighted by atomic mass is 10.2. The van der Waals surface area contributed by atoms with Crippen molar-refractivity contribution >= 4 is 29.3 Å². The number of halogens is 1. The van der Waals surface area contributed by atoms with E-state index in [1.54, 1.807) is 12.1 Å². The maximum absolute atomic E-state index is 11.2. The van der Waals surface area contributed by atoms with E-state index >= 15 is 0 Å². The van der Waals surface area contributed by atoms with Gasteiger partial charge in [0.05, 0.1) is 17.7 Å². The van der Waals surface area contributed by atoms with Crippen LogP contribution in [0.25, 0.3) is 0 Å². The number of carbonyl (C=O) groups excluding carboxylic acids is 1. The summed E-state index contributed by atoms with van der Waals surface area (Å²) < 4.78 is 4.58. The summed E-state index contributed by atoms with van der Waals surface area (Å²) in [6, 6.07) is 5.29. The van der Waals surface area contributed by atoms with Crippen LogP contribution in [0.15, 0.2) is 23.1 Å². The van der Waals surface area contributed by atoms with Gasteiger partial charge in [-0.1, -0.05) is 17.7 Å². The van der Waals surface area contributed by atoms with E-state index in [0.717, 1.165) is 4.90 Å². The second kappa shape index (κ2) is 4.53. The van der Waals surface area contributed by atoms with Crippen LogP contribution in [0.2, 0.25) is 5.02 Å². The zero-order valence-corrected chi connectivity index (χ0v) is 8.91. The summed E-state index contributed by atoms with van der Waals surface area (Å²) in [5, 5.41) is 0.460. The van der Waals surface area contributed by atoms with Gasteiger partial charge in [-0.25, -0.2) is 4.79 Å². The van der Waals surface area contributed by atoms with E-state index in [2.05, 4.69) is 4.74 Å². The molecule has 1 aromatic carbocycles. The lowest BCUT2D eigenvalue weighted by molar-refractivity contribution is 0.0600. The Kier molecular flexibility index (Phi) is 3.63. The first-order valence-corrected chi connectivity index (χ1v) is 5.21. The molecule has 0 bridgehead atoms. The summed E-state index contributed by atoms with van der Waals surface area (Å²) in [5.74, 6) is -0.402. The highest BCUT2D eigenvalue weighted by molar-refractivity contribution is 7.98. The van der Waals surface area contributed by atoms with Gasteiger partial charge in [0.1, 0.15) is 0 Å². The van der Waals surface area contributed by atoms with Gasteiger partial charge in [0.15, 0.2) is 0 Å². The van der Waals surface area contributed by atoms with Crippen molar-refractivity contribution in [3.8, 4) is 0 Å². The van der Waals surface area contributed by atoms with Crippen molar-refractivity contribution in [1.29, 1.82) is 0 Å². The minimum Gasteiger partial charge on any atom is -0.465 e. The molecule has 1 rings (SSSR count). The van der Waals surface area contributed by atoms with E-state index in [-0.39, 0.29) is 0 Å². The molecule has 0 saturated carbocycles. The normalized spacial score (nSPS) is 9.77. The van der Waals surface area contributed by atoms with Crippen molar-refractivity contribution in [2.24, 2.45) is 0 Å². The molecular weight excluding hydrogens is 208 g/mol. The number of esters is 1. The Balaban J connectivity index is 3.15. The number of hydrogen-bond acceptors (Lipinski definition) is 3. The largest absolute Gasteiger partial charge is 0.465 e. The highest BCUT2D eigenvalue weighted by Gasteiger charge is 2.12. The number of hydrogen-bond donors (Lipinski definition) is 0. The van der Waals surface area contributed by atoms with Crippen molar-refractivity contribution in [1.82, 2.24) is 0 Å². The highest BCUT2D eigenvalue weighted by atomic mass is 35.5. The Morgan fingerprint density at radius 3 is 2.77 bits per heavy atom. The van der Waals surface area contributed by atoms with Crippen LogP contribution in [-0.2, 0) is 4.74 Å². The fraction of sp³-hybridized carbons (Fsp3) is 0.222. The lowest BCUT2D eigenvalue weighted by Gasteiger charge is -2.04. The van der Waals surface area contributed by atoms with Crippen molar-refractivity contribution in [3.63, 3.8) is 0 Å².